The Labute approximate surface area is 132 Å². The Morgan fingerprint density at radius 2 is 1.57 bits per heavy atom. The summed E-state index contributed by atoms with van der Waals surface area (Å²) in [5.74, 6) is 6.01. The maximum atomic E-state index is 3.85. The molecule has 5 unspecified atom stereocenters. The molecule has 0 spiro atoms. The highest BCUT2D eigenvalue weighted by Crippen LogP contribution is 2.46. The zero-order valence-corrected chi connectivity index (χ0v) is 14.6. The molecule has 0 bridgehead atoms. The Morgan fingerprint density at radius 3 is 2.19 bits per heavy atom. The fourth-order valence-corrected chi connectivity index (χ4v) is 5.52. The lowest BCUT2D eigenvalue weighted by molar-refractivity contribution is 0.0647. The van der Waals surface area contributed by atoms with E-state index < -0.39 is 0 Å². The van der Waals surface area contributed by atoms with E-state index in [-0.39, 0.29) is 0 Å². The standard InChI is InChI=1S/C20H37N/c1-4-16-5-6-17(13-21-19-7-8-19)20(12-16)18-10-14(2)9-15(3)11-18/h14-21H,4-13H2,1-3H3. The van der Waals surface area contributed by atoms with Gasteiger partial charge in [-0.1, -0.05) is 33.6 Å². The van der Waals surface area contributed by atoms with E-state index in [9.17, 15) is 0 Å². The zero-order chi connectivity index (χ0) is 14.8. The average molecular weight is 292 g/mol. The monoisotopic (exact) mass is 291 g/mol. The Balaban J connectivity index is 1.62. The summed E-state index contributed by atoms with van der Waals surface area (Å²) in [4.78, 5) is 0. The van der Waals surface area contributed by atoms with Crippen LogP contribution in [-0.4, -0.2) is 12.6 Å². The number of hydrogen-bond acceptors (Lipinski definition) is 1. The number of nitrogens with one attached hydrogen (secondary N) is 1. The molecular formula is C20H37N. The van der Waals surface area contributed by atoms with Crippen LogP contribution >= 0.6 is 0 Å². The molecule has 21 heavy (non-hydrogen) atoms. The molecule has 5 atom stereocenters. The number of hydrogen-bond donors (Lipinski definition) is 1. The van der Waals surface area contributed by atoms with Gasteiger partial charge >= 0.3 is 0 Å². The van der Waals surface area contributed by atoms with Gasteiger partial charge in [0.2, 0.25) is 0 Å². The van der Waals surface area contributed by atoms with Gasteiger partial charge in [0.15, 0.2) is 0 Å². The van der Waals surface area contributed by atoms with Crippen LogP contribution in [0.5, 0.6) is 0 Å². The van der Waals surface area contributed by atoms with Crippen molar-refractivity contribution >= 4 is 0 Å². The molecule has 0 aromatic carbocycles. The summed E-state index contributed by atoms with van der Waals surface area (Å²) in [5, 5.41) is 3.85. The smallest absolute Gasteiger partial charge is 0.00683 e. The van der Waals surface area contributed by atoms with Gasteiger partial charge in [-0.15, -0.1) is 0 Å². The van der Waals surface area contributed by atoms with Gasteiger partial charge in [0.25, 0.3) is 0 Å². The molecule has 0 radical (unpaired) electrons. The van der Waals surface area contributed by atoms with E-state index in [2.05, 4.69) is 26.1 Å². The molecule has 122 valence electrons. The van der Waals surface area contributed by atoms with Crippen molar-refractivity contribution in [2.45, 2.75) is 84.6 Å². The highest BCUT2D eigenvalue weighted by atomic mass is 14.9. The molecular weight excluding hydrogens is 254 g/mol. The third-order valence-electron chi connectivity index (χ3n) is 6.80. The van der Waals surface area contributed by atoms with E-state index in [1.54, 1.807) is 0 Å². The Hall–Kier alpha value is -0.0400. The number of rotatable bonds is 5. The minimum atomic E-state index is 0.888. The first-order valence-electron chi connectivity index (χ1n) is 9.89. The van der Waals surface area contributed by atoms with E-state index in [0.29, 0.717) is 0 Å². The molecule has 0 amide bonds. The van der Waals surface area contributed by atoms with Crippen LogP contribution in [0.1, 0.15) is 78.6 Å². The van der Waals surface area contributed by atoms with Crippen molar-refractivity contribution in [3.63, 3.8) is 0 Å². The fourth-order valence-electron chi connectivity index (χ4n) is 5.52. The highest BCUT2D eigenvalue weighted by Gasteiger charge is 2.38. The van der Waals surface area contributed by atoms with Crippen LogP contribution in [0.2, 0.25) is 0 Å². The third kappa shape index (κ3) is 4.24. The van der Waals surface area contributed by atoms with Gasteiger partial charge < -0.3 is 5.32 Å². The quantitative estimate of drug-likeness (QED) is 0.729. The van der Waals surface area contributed by atoms with Crippen molar-refractivity contribution in [3.05, 3.63) is 0 Å². The Kier molecular flexibility index (Phi) is 5.30. The molecule has 0 aromatic heterocycles. The maximum absolute atomic E-state index is 3.85. The molecule has 0 saturated heterocycles. The molecule has 3 saturated carbocycles. The molecule has 3 aliphatic rings. The maximum Gasteiger partial charge on any atom is 0.00683 e. The van der Waals surface area contributed by atoms with Gasteiger partial charge in [0.1, 0.15) is 0 Å². The van der Waals surface area contributed by atoms with Gasteiger partial charge in [0, 0.05) is 6.04 Å². The average Bonchev–Trinajstić information content (AvgIpc) is 3.28. The van der Waals surface area contributed by atoms with E-state index in [4.69, 9.17) is 0 Å². The summed E-state index contributed by atoms with van der Waals surface area (Å²) in [7, 11) is 0. The summed E-state index contributed by atoms with van der Waals surface area (Å²) < 4.78 is 0. The van der Waals surface area contributed by atoms with Gasteiger partial charge in [-0.05, 0) is 87.0 Å². The van der Waals surface area contributed by atoms with Crippen LogP contribution in [-0.2, 0) is 0 Å². The molecule has 3 fully saturated rings. The van der Waals surface area contributed by atoms with Crippen LogP contribution in [0.3, 0.4) is 0 Å². The van der Waals surface area contributed by atoms with E-state index in [1.807, 2.05) is 0 Å². The van der Waals surface area contributed by atoms with Crippen molar-refractivity contribution in [1.29, 1.82) is 0 Å². The molecule has 3 rings (SSSR count). The van der Waals surface area contributed by atoms with Crippen molar-refractivity contribution < 1.29 is 0 Å². The van der Waals surface area contributed by atoms with Crippen LogP contribution in [0, 0.1) is 35.5 Å². The van der Waals surface area contributed by atoms with Crippen molar-refractivity contribution in [2.24, 2.45) is 35.5 Å². The van der Waals surface area contributed by atoms with Gasteiger partial charge in [0.05, 0.1) is 0 Å². The lowest BCUT2D eigenvalue weighted by atomic mass is 9.62. The lowest BCUT2D eigenvalue weighted by Crippen LogP contribution is -2.39. The Morgan fingerprint density at radius 1 is 0.857 bits per heavy atom. The molecule has 0 aliphatic heterocycles. The van der Waals surface area contributed by atoms with E-state index in [1.165, 1.54) is 64.3 Å². The van der Waals surface area contributed by atoms with E-state index in [0.717, 1.165) is 41.5 Å². The molecule has 3 aliphatic carbocycles. The topological polar surface area (TPSA) is 12.0 Å². The second kappa shape index (κ2) is 7.02. The first-order chi connectivity index (χ1) is 10.2. The summed E-state index contributed by atoms with van der Waals surface area (Å²) >= 11 is 0. The molecule has 0 aromatic rings. The predicted octanol–water partition coefficient (Wildman–Crippen LogP) is 5.25. The summed E-state index contributed by atoms with van der Waals surface area (Å²) in [6.07, 6.45) is 13.3. The first-order valence-corrected chi connectivity index (χ1v) is 9.89. The molecule has 1 heteroatoms. The van der Waals surface area contributed by atoms with Gasteiger partial charge in [-0.25, -0.2) is 0 Å². The fraction of sp³-hybridized carbons (Fsp3) is 1.00. The normalized spacial score (nSPS) is 44.7. The lowest BCUT2D eigenvalue weighted by Gasteiger charge is -2.44. The largest absolute Gasteiger partial charge is 0.314 e. The zero-order valence-electron chi connectivity index (χ0n) is 14.6. The van der Waals surface area contributed by atoms with Crippen LogP contribution in [0.25, 0.3) is 0 Å². The molecule has 1 N–H and O–H groups in total. The van der Waals surface area contributed by atoms with Crippen LogP contribution < -0.4 is 5.32 Å². The van der Waals surface area contributed by atoms with Crippen molar-refractivity contribution in [2.75, 3.05) is 6.54 Å². The first kappa shape index (κ1) is 15.8. The second-order valence-corrected chi connectivity index (χ2v) is 8.87. The Bertz CT molecular complexity index is 312. The third-order valence-corrected chi connectivity index (χ3v) is 6.80. The summed E-state index contributed by atoms with van der Waals surface area (Å²) in [5.41, 5.74) is 0. The molecule has 1 nitrogen and oxygen atoms in total. The summed E-state index contributed by atoms with van der Waals surface area (Å²) in [6, 6.07) is 0.888. The van der Waals surface area contributed by atoms with Crippen LogP contribution in [0.15, 0.2) is 0 Å². The van der Waals surface area contributed by atoms with E-state index >= 15 is 0 Å². The minimum Gasteiger partial charge on any atom is -0.314 e. The van der Waals surface area contributed by atoms with Crippen molar-refractivity contribution in [3.8, 4) is 0 Å². The molecule has 0 heterocycles. The van der Waals surface area contributed by atoms with Gasteiger partial charge in [-0.3, -0.25) is 0 Å². The van der Waals surface area contributed by atoms with Gasteiger partial charge in [-0.2, -0.15) is 0 Å². The predicted molar refractivity (Wildman–Crippen MR) is 91.3 cm³/mol. The summed E-state index contributed by atoms with van der Waals surface area (Å²) in [6.45, 7) is 8.74. The van der Waals surface area contributed by atoms with Crippen molar-refractivity contribution in [1.82, 2.24) is 5.32 Å². The SMILES string of the molecule is CCC1CCC(CNC2CC2)C(C2CC(C)CC(C)C2)C1. The second-order valence-electron chi connectivity index (χ2n) is 8.87. The van der Waals surface area contributed by atoms with Crippen LogP contribution in [0.4, 0.5) is 0 Å². The minimum absolute atomic E-state index is 0.888. The highest BCUT2D eigenvalue weighted by molar-refractivity contribution is 4.90.